The number of nitrogens with zero attached hydrogens (tertiary/aromatic N) is 2. The van der Waals surface area contributed by atoms with Gasteiger partial charge in [-0.05, 0) is 6.42 Å². The third kappa shape index (κ3) is 5.97. The zero-order valence-corrected chi connectivity index (χ0v) is 15.4. The molecule has 127 valence electrons. The van der Waals surface area contributed by atoms with Gasteiger partial charge in [0.05, 0.1) is 36.4 Å². The predicted molar refractivity (Wildman–Crippen MR) is 75.3 cm³/mol. The van der Waals surface area contributed by atoms with Gasteiger partial charge in [0.2, 0.25) is 0 Å². The van der Waals surface area contributed by atoms with Gasteiger partial charge in [0.1, 0.15) is 12.2 Å². The first-order valence-corrected chi connectivity index (χ1v) is 7.04. The van der Waals surface area contributed by atoms with E-state index in [1.165, 1.54) is 12.4 Å². The van der Waals surface area contributed by atoms with E-state index in [1.54, 1.807) is 6.92 Å². The van der Waals surface area contributed by atoms with E-state index in [0.29, 0.717) is 17.8 Å². The maximum atomic E-state index is 10.1. The normalized spacial score (nSPS) is 18.0. The van der Waals surface area contributed by atoms with Crippen molar-refractivity contribution >= 4 is 0 Å². The largest absolute Gasteiger partial charge is 0.394 e. The Morgan fingerprint density at radius 3 is 2.09 bits per heavy atom. The summed E-state index contributed by atoms with van der Waals surface area (Å²) in [4.78, 5) is 8.14. The molecule has 1 aromatic heterocycles. The van der Waals surface area contributed by atoms with Crippen LogP contribution in [0, 0.1) is 5.92 Å². The van der Waals surface area contributed by atoms with E-state index in [9.17, 15) is 20.4 Å². The van der Waals surface area contributed by atoms with E-state index in [1.807, 2.05) is 6.92 Å². The number of aliphatic hydroxyl groups is 5. The minimum Gasteiger partial charge on any atom is -0.394 e. The number of hydrogen-bond acceptors (Lipinski definition) is 7. The molecular formula is C14H24N2O5Re. The summed E-state index contributed by atoms with van der Waals surface area (Å²) in [5.74, 6) is -0.364. The fraction of sp³-hybridized carbons (Fsp3) is 0.714. The van der Waals surface area contributed by atoms with Crippen LogP contribution in [0.15, 0.2) is 12.4 Å². The van der Waals surface area contributed by atoms with Crippen LogP contribution in [0.4, 0.5) is 0 Å². The van der Waals surface area contributed by atoms with Crippen molar-refractivity contribution in [3.05, 3.63) is 23.8 Å². The van der Waals surface area contributed by atoms with Crippen LogP contribution >= 0.6 is 0 Å². The van der Waals surface area contributed by atoms with Crippen molar-refractivity contribution in [2.45, 2.75) is 51.1 Å². The summed E-state index contributed by atoms with van der Waals surface area (Å²) >= 11 is 0. The molecule has 0 spiro atoms. The van der Waals surface area contributed by atoms with Gasteiger partial charge < -0.3 is 25.5 Å². The molecule has 5 atom stereocenters. The second kappa shape index (κ2) is 10.3. The average Bonchev–Trinajstić information content (AvgIpc) is 2.52. The van der Waals surface area contributed by atoms with Crippen LogP contribution in [0.5, 0.6) is 0 Å². The summed E-state index contributed by atoms with van der Waals surface area (Å²) < 4.78 is 0. The molecule has 5 unspecified atom stereocenters. The van der Waals surface area contributed by atoms with Crippen LogP contribution in [0.1, 0.15) is 37.8 Å². The monoisotopic (exact) mass is 487 g/mol. The SMILES string of the molecule is CCC(O)C(C)C(O)c1cnc(CC(O)C(O)CO)cn1.[Re]. The first-order chi connectivity index (χ1) is 9.90. The maximum absolute atomic E-state index is 10.1. The van der Waals surface area contributed by atoms with Crippen molar-refractivity contribution in [1.82, 2.24) is 9.97 Å². The van der Waals surface area contributed by atoms with Gasteiger partial charge in [-0.1, -0.05) is 13.8 Å². The number of rotatable bonds is 8. The van der Waals surface area contributed by atoms with Crippen LogP contribution < -0.4 is 0 Å². The zero-order valence-electron chi connectivity index (χ0n) is 12.7. The second-order valence-electron chi connectivity index (χ2n) is 5.23. The molecule has 0 amide bonds. The Morgan fingerprint density at radius 2 is 1.64 bits per heavy atom. The Kier molecular flexibility index (Phi) is 10.1. The molecule has 1 rings (SSSR count). The minimum atomic E-state index is -1.23. The Morgan fingerprint density at radius 1 is 1.00 bits per heavy atom. The quantitative estimate of drug-likeness (QED) is 0.325. The molecule has 1 aromatic rings. The molecule has 0 saturated heterocycles. The van der Waals surface area contributed by atoms with Gasteiger partial charge in [-0.15, -0.1) is 0 Å². The third-order valence-corrected chi connectivity index (χ3v) is 3.60. The Labute approximate surface area is 143 Å². The summed E-state index contributed by atoms with van der Waals surface area (Å²) in [7, 11) is 0. The van der Waals surface area contributed by atoms with Crippen LogP contribution in [-0.4, -0.2) is 60.4 Å². The first-order valence-electron chi connectivity index (χ1n) is 7.04. The van der Waals surface area contributed by atoms with E-state index in [2.05, 4.69) is 9.97 Å². The van der Waals surface area contributed by atoms with E-state index in [-0.39, 0.29) is 32.8 Å². The molecule has 0 aliphatic rings. The van der Waals surface area contributed by atoms with E-state index in [0.717, 1.165) is 0 Å². The van der Waals surface area contributed by atoms with Gasteiger partial charge in [-0.3, -0.25) is 9.97 Å². The van der Waals surface area contributed by atoms with Crippen molar-refractivity contribution in [3.63, 3.8) is 0 Å². The molecular weight excluding hydrogens is 462 g/mol. The van der Waals surface area contributed by atoms with E-state index >= 15 is 0 Å². The van der Waals surface area contributed by atoms with Gasteiger partial charge in [-0.25, -0.2) is 0 Å². The van der Waals surface area contributed by atoms with Crippen molar-refractivity contribution in [2.24, 2.45) is 5.92 Å². The van der Waals surface area contributed by atoms with Crippen LogP contribution in [-0.2, 0) is 26.8 Å². The van der Waals surface area contributed by atoms with Crippen molar-refractivity contribution in [1.29, 1.82) is 0 Å². The maximum Gasteiger partial charge on any atom is 0.103 e. The third-order valence-electron chi connectivity index (χ3n) is 3.60. The molecule has 0 aromatic carbocycles. The molecule has 0 fully saturated rings. The van der Waals surface area contributed by atoms with Crippen molar-refractivity contribution < 1.29 is 46.0 Å². The van der Waals surface area contributed by atoms with Gasteiger partial charge in [0.15, 0.2) is 0 Å². The van der Waals surface area contributed by atoms with Crippen molar-refractivity contribution in [3.8, 4) is 0 Å². The predicted octanol–water partition coefficient (Wildman–Crippen LogP) is -0.829. The van der Waals surface area contributed by atoms with Gasteiger partial charge in [0.25, 0.3) is 0 Å². The fourth-order valence-corrected chi connectivity index (χ4v) is 1.95. The minimum absolute atomic E-state index is 0. The topological polar surface area (TPSA) is 127 Å². The standard InChI is InChI=1S/C14H24N2O5.Re/c1-3-11(18)8(2)14(21)10-6-15-9(5-16-10)4-12(19)13(20)7-17;/h5-6,8,11-14,17-21H,3-4,7H2,1-2H3;. The van der Waals surface area contributed by atoms with Crippen molar-refractivity contribution in [2.75, 3.05) is 6.61 Å². The molecule has 1 radical (unpaired) electrons. The molecule has 0 aliphatic heterocycles. The molecule has 22 heavy (non-hydrogen) atoms. The van der Waals surface area contributed by atoms with Gasteiger partial charge in [0, 0.05) is 39.0 Å². The fourth-order valence-electron chi connectivity index (χ4n) is 1.95. The van der Waals surface area contributed by atoms with Crippen LogP contribution in [0.3, 0.4) is 0 Å². The molecule has 0 aliphatic carbocycles. The summed E-state index contributed by atoms with van der Waals surface area (Å²) in [6.07, 6.45) is -0.517. The molecule has 7 nitrogen and oxygen atoms in total. The first kappa shape index (κ1) is 21.5. The summed E-state index contributed by atoms with van der Waals surface area (Å²) in [5, 5.41) is 47.4. The summed E-state index contributed by atoms with van der Waals surface area (Å²) in [6.45, 7) is 3.03. The van der Waals surface area contributed by atoms with E-state index in [4.69, 9.17) is 5.11 Å². The van der Waals surface area contributed by atoms with Crippen LogP contribution in [0.2, 0.25) is 0 Å². The average molecular weight is 487 g/mol. The second-order valence-corrected chi connectivity index (χ2v) is 5.23. The Bertz CT molecular complexity index is 420. The Hall–Kier alpha value is -0.458. The molecule has 0 bridgehead atoms. The van der Waals surface area contributed by atoms with Gasteiger partial charge in [-0.2, -0.15) is 0 Å². The van der Waals surface area contributed by atoms with Crippen LogP contribution in [0.25, 0.3) is 0 Å². The Balaban J connectivity index is 0.00000441. The molecule has 0 saturated carbocycles. The summed E-state index contributed by atoms with van der Waals surface area (Å²) in [6, 6.07) is 0. The summed E-state index contributed by atoms with van der Waals surface area (Å²) in [5.41, 5.74) is 0.783. The van der Waals surface area contributed by atoms with Gasteiger partial charge >= 0.3 is 0 Å². The number of hydrogen-bond donors (Lipinski definition) is 5. The smallest absolute Gasteiger partial charge is 0.103 e. The number of aliphatic hydroxyl groups excluding tert-OH is 5. The van der Waals surface area contributed by atoms with E-state index < -0.39 is 31.0 Å². The molecule has 8 heteroatoms. The molecule has 5 N–H and O–H groups in total. The molecule has 1 heterocycles. The number of aromatic nitrogens is 2. The zero-order chi connectivity index (χ0) is 16.0.